The third kappa shape index (κ3) is 1.60. The van der Waals surface area contributed by atoms with Gasteiger partial charge in [-0.15, -0.1) is 0 Å². The number of rotatable bonds is 3. The van der Waals surface area contributed by atoms with Crippen LogP contribution in [0, 0.1) is 0 Å². The summed E-state index contributed by atoms with van der Waals surface area (Å²) in [5, 5.41) is 8.14. The van der Waals surface area contributed by atoms with E-state index in [4.69, 9.17) is 5.11 Å². The van der Waals surface area contributed by atoms with Crippen LogP contribution in [0.15, 0.2) is 24.3 Å². The smallest absolute Gasteiger partial charge is 0.411 e. The molecule has 2 N–H and O–H groups in total. The number of para-hydroxylation sites is 2. The van der Waals surface area contributed by atoms with E-state index in [0.717, 1.165) is 0 Å². The van der Waals surface area contributed by atoms with Crippen molar-refractivity contribution in [3.8, 4) is 0 Å². The summed E-state index contributed by atoms with van der Waals surface area (Å²) in [5.74, 6) is -14.4. The summed E-state index contributed by atoms with van der Waals surface area (Å²) in [5.41, 5.74) is 0.168. The summed E-state index contributed by atoms with van der Waals surface area (Å²) in [6.07, 6.45) is 0. The lowest BCUT2D eigenvalue weighted by Gasteiger charge is -2.20. The van der Waals surface area contributed by atoms with Crippen molar-refractivity contribution in [3.63, 3.8) is 0 Å². The first kappa shape index (κ1) is 12.3. The van der Waals surface area contributed by atoms with Crippen molar-refractivity contribution >= 4 is 17.0 Å². The van der Waals surface area contributed by atoms with Gasteiger partial charge in [-0.3, -0.25) is 0 Å². The first-order valence-corrected chi connectivity index (χ1v) is 4.71. The molecule has 2 rings (SSSR count). The van der Waals surface area contributed by atoms with Gasteiger partial charge >= 0.3 is 17.8 Å². The van der Waals surface area contributed by atoms with Crippen LogP contribution in [-0.2, 0) is 10.7 Å². The van der Waals surface area contributed by atoms with Gasteiger partial charge in [0.15, 0.2) is 5.82 Å². The zero-order chi connectivity index (χ0) is 13.6. The largest absolute Gasteiger partial charge is 0.477 e. The number of hydrogen-bond acceptors (Lipinski definition) is 2. The van der Waals surface area contributed by atoms with Crippen LogP contribution in [0.4, 0.5) is 17.6 Å². The fourth-order valence-corrected chi connectivity index (χ4v) is 1.38. The summed E-state index contributed by atoms with van der Waals surface area (Å²) in [6, 6.07) is 5.68. The molecule has 18 heavy (non-hydrogen) atoms. The fourth-order valence-electron chi connectivity index (χ4n) is 1.38. The molecule has 1 heterocycles. The third-order valence-corrected chi connectivity index (χ3v) is 2.35. The molecule has 1 aromatic carbocycles. The molecule has 0 atom stereocenters. The number of carboxylic acids is 1. The number of hydrogen-bond donors (Lipinski definition) is 2. The topological polar surface area (TPSA) is 66.0 Å². The monoisotopic (exact) mass is 262 g/mol. The molecule has 0 aliphatic heterocycles. The highest BCUT2D eigenvalue weighted by atomic mass is 19.3. The molecular formula is C10H6F4N2O2. The zero-order valence-electron chi connectivity index (χ0n) is 8.62. The number of nitrogens with one attached hydrogen (secondary N) is 1. The van der Waals surface area contributed by atoms with Gasteiger partial charge in [-0.25, -0.2) is 9.78 Å². The summed E-state index contributed by atoms with van der Waals surface area (Å²) in [4.78, 5) is 15.5. The lowest BCUT2D eigenvalue weighted by atomic mass is 10.1. The lowest BCUT2D eigenvalue weighted by Crippen LogP contribution is -2.45. The summed E-state index contributed by atoms with van der Waals surface area (Å²) < 4.78 is 52.7. The highest BCUT2D eigenvalue weighted by Crippen LogP contribution is 2.42. The average Bonchev–Trinajstić information content (AvgIpc) is 2.72. The lowest BCUT2D eigenvalue weighted by molar-refractivity contribution is -0.231. The minimum absolute atomic E-state index is 0.0494. The van der Waals surface area contributed by atoms with Crippen molar-refractivity contribution in [2.24, 2.45) is 0 Å². The molecule has 0 fully saturated rings. The first-order valence-electron chi connectivity index (χ1n) is 4.71. The van der Waals surface area contributed by atoms with Gasteiger partial charge in [0.1, 0.15) is 0 Å². The predicted octanol–water partition coefficient (Wildman–Crippen LogP) is 2.37. The number of aromatic nitrogens is 2. The second kappa shape index (κ2) is 3.69. The van der Waals surface area contributed by atoms with Crippen LogP contribution in [0.2, 0.25) is 0 Å². The SMILES string of the molecule is O=C(O)C(F)(F)C(F)(F)c1nc2ccccc2[nH]1. The van der Waals surface area contributed by atoms with Crippen molar-refractivity contribution in [2.75, 3.05) is 0 Å². The van der Waals surface area contributed by atoms with Crippen LogP contribution in [0.5, 0.6) is 0 Å². The molecule has 4 nitrogen and oxygen atoms in total. The molecule has 0 amide bonds. The minimum atomic E-state index is -5.24. The maximum absolute atomic E-state index is 13.4. The van der Waals surface area contributed by atoms with Crippen molar-refractivity contribution in [1.29, 1.82) is 0 Å². The van der Waals surface area contributed by atoms with Gasteiger partial charge in [-0.05, 0) is 12.1 Å². The van der Waals surface area contributed by atoms with Crippen molar-refractivity contribution in [2.45, 2.75) is 11.8 Å². The standard InChI is InChI=1S/C10H6F4N2O2/c11-9(12,10(13,14)8(17)18)7-15-5-3-1-2-4-6(5)16-7/h1-4H,(H,15,16)(H,17,18). The molecule has 2 aromatic rings. The number of H-pyrrole nitrogens is 1. The molecule has 0 bridgehead atoms. The van der Waals surface area contributed by atoms with E-state index in [9.17, 15) is 22.4 Å². The van der Waals surface area contributed by atoms with Crippen molar-refractivity contribution in [1.82, 2.24) is 9.97 Å². The van der Waals surface area contributed by atoms with Crippen LogP contribution in [0.3, 0.4) is 0 Å². The van der Waals surface area contributed by atoms with E-state index in [0.29, 0.717) is 0 Å². The van der Waals surface area contributed by atoms with E-state index in [1.165, 1.54) is 24.3 Å². The summed E-state index contributed by atoms with van der Waals surface area (Å²) in [6.45, 7) is 0. The number of halogens is 4. The number of imidazole rings is 1. The molecule has 0 radical (unpaired) electrons. The summed E-state index contributed by atoms with van der Waals surface area (Å²) in [7, 11) is 0. The number of nitrogens with zero attached hydrogens (tertiary/aromatic N) is 1. The van der Waals surface area contributed by atoms with E-state index in [2.05, 4.69) is 4.98 Å². The molecule has 1 aromatic heterocycles. The minimum Gasteiger partial charge on any atom is -0.477 e. The van der Waals surface area contributed by atoms with Crippen molar-refractivity contribution in [3.05, 3.63) is 30.1 Å². The van der Waals surface area contributed by atoms with E-state index in [1.54, 1.807) is 0 Å². The first-order chi connectivity index (χ1) is 8.26. The van der Waals surface area contributed by atoms with Gasteiger partial charge in [-0.2, -0.15) is 17.6 Å². The van der Waals surface area contributed by atoms with Crippen molar-refractivity contribution < 1.29 is 27.5 Å². The Bertz CT molecular complexity index is 576. The molecule has 0 spiro atoms. The fraction of sp³-hybridized carbons (Fsp3) is 0.200. The van der Waals surface area contributed by atoms with E-state index < -0.39 is 23.6 Å². The van der Waals surface area contributed by atoms with Crippen LogP contribution in [-0.4, -0.2) is 27.0 Å². The number of benzene rings is 1. The number of carbonyl (C=O) groups is 1. The molecule has 0 saturated carbocycles. The molecule has 0 saturated heterocycles. The Morgan fingerprint density at radius 1 is 1.22 bits per heavy atom. The number of aliphatic carboxylic acids is 1. The molecule has 0 aliphatic carbocycles. The molecule has 0 aliphatic rings. The van der Waals surface area contributed by atoms with Gasteiger partial charge in [0.05, 0.1) is 11.0 Å². The maximum atomic E-state index is 13.4. The highest BCUT2D eigenvalue weighted by Gasteiger charge is 2.65. The Morgan fingerprint density at radius 3 is 2.39 bits per heavy atom. The van der Waals surface area contributed by atoms with Crippen LogP contribution in [0.25, 0.3) is 11.0 Å². The average molecular weight is 262 g/mol. The van der Waals surface area contributed by atoms with E-state index in [-0.39, 0.29) is 11.0 Å². The zero-order valence-corrected chi connectivity index (χ0v) is 8.62. The normalized spacial score (nSPS) is 12.9. The quantitative estimate of drug-likeness (QED) is 0.834. The number of carboxylic acid groups (broad SMARTS) is 1. The Labute approximate surface area is 97.3 Å². The Balaban J connectivity index is 2.56. The van der Waals surface area contributed by atoms with Gasteiger partial charge in [-0.1, -0.05) is 12.1 Å². The second-order valence-electron chi connectivity index (χ2n) is 3.56. The number of alkyl halides is 4. The Morgan fingerprint density at radius 2 is 1.83 bits per heavy atom. The number of fused-ring (bicyclic) bond motifs is 1. The van der Waals surface area contributed by atoms with Crippen LogP contribution < -0.4 is 0 Å². The van der Waals surface area contributed by atoms with Gasteiger partial charge in [0.2, 0.25) is 0 Å². The highest BCUT2D eigenvalue weighted by molar-refractivity contribution is 5.78. The molecule has 96 valence electrons. The maximum Gasteiger partial charge on any atom is 0.411 e. The Hall–Kier alpha value is -2.12. The van der Waals surface area contributed by atoms with E-state index in [1.807, 2.05) is 4.98 Å². The molecule has 8 heteroatoms. The van der Waals surface area contributed by atoms with Gasteiger partial charge in [0.25, 0.3) is 0 Å². The van der Waals surface area contributed by atoms with Crippen LogP contribution >= 0.6 is 0 Å². The summed E-state index contributed by atoms with van der Waals surface area (Å²) >= 11 is 0. The second-order valence-corrected chi connectivity index (χ2v) is 3.56. The molecular weight excluding hydrogens is 256 g/mol. The van der Waals surface area contributed by atoms with Gasteiger partial charge < -0.3 is 10.1 Å². The number of aromatic amines is 1. The third-order valence-electron chi connectivity index (χ3n) is 2.35. The van der Waals surface area contributed by atoms with Gasteiger partial charge in [0, 0.05) is 0 Å². The van der Waals surface area contributed by atoms with E-state index >= 15 is 0 Å². The molecule has 0 unspecified atom stereocenters. The predicted molar refractivity (Wildman–Crippen MR) is 52.6 cm³/mol. The van der Waals surface area contributed by atoms with Crippen LogP contribution in [0.1, 0.15) is 5.82 Å². The Kier molecular flexibility index (Phi) is 2.53.